The smallest absolute Gasteiger partial charge is 0.237 e. The maximum absolute atomic E-state index is 11.8. The van der Waals surface area contributed by atoms with Gasteiger partial charge in [-0.25, -0.2) is 0 Å². The summed E-state index contributed by atoms with van der Waals surface area (Å²) in [6.07, 6.45) is 1.99. The molecule has 17 heavy (non-hydrogen) atoms. The topological polar surface area (TPSA) is 46.2 Å². The number of hydrogen-bond donors (Lipinski definition) is 1. The molecule has 1 aromatic carbocycles. The van der Waals surface area contributed by atoms with E-state index in [1.165, 1.54) is 5.56 Å². The molecule has 1 atom stereocenters. The van der Waals surface area contributed by atoms with Crippen LogP contribution in [0.4, 0.5) is 0 Å². The van der Waals surface area contributed by atoms with E-state index in [4.69, 9.17) is 0 Å². The molecule has 2 amide bonds. The number of imide groups is 1. The van der Waals surface area contributed by atoms with Crippen molar-refractivity contribution in [3.8, 4) is 0 Å². The van der Waals surface area contributed by atoms with Crippen molar-refractivity contribution in [2.24, 2.45) is 0 Å². The van der Waals surface area contributed by atoms with Crippen molar-refractivity contribution in [3.05, 3.63) is 35.4 Å². The van der Waals surface area contributed by atoms with Gasteiger partial charge < -0.3 is 0 Å². The Bertz CT molecular complexity index is 467. The van der Waals surface area contributed by atoms with E-state index in [2.05, 4.69) is 5.32 Å². The van der Waals surface area contributed by atoms with Crippen LogP contribution in [0.2, 0.25) is 0 Å². The fourth-order valence-corrected chi connectivity index (χ4v) is 2.75. The average molecular weight is 231 g/mol. The number of amides is 2. The number of carbonyl (C=O) groups is 2. The summed E-state index contributed by atoms with van der Waals surface area (Å²) in [6.45, 7) is 4.00. The second-order valence-corrected chi connectivity index (χ2v) is 4.29. The lowest BCUT2D eigenvalue weighted by molar-refractivity contribution is -0.126. The molecule has 0 bridgehead atoms. The molecule has 2 aliphatic rings. The number of hydrogen-bond acceptors (Lipinski definition) is 2. The highest BCUT2D eigenvalue weighted by Gasteiger charge is 2.51. The summed E-state index contributed by atoms with van der Waals surface area (Å²) in [6, 6.07) is 7.93. The van der Waals surface area contributed by atoms with E-state index >= 15 is 0 Å². The highest BCUT2D eigenvalue weighted by Crippen LogP contribution is 2.43. The van der Waals surface area contributed by atoms with Gasteiger partial charge in [0.05, 0.1) is 5.41 Å². The van der Waals surface area contributed by atoms with Crippen LogP contribution >= 0.6 is 0 Å². The molecule has 1 aromatic rings. The van der Waals surface area contributed by atoms with Crippen LogP contribution < -0.4 is 5.32 Å². The van der Waals surface area contributed by atoms with E-state index in [0.717, 1.165) is 18.4 Å². The lowest BCUT2D eigenvalue weighted by Gasteiger charge is -2.19. The highest BCUT2D eigenvalue weighted by atomic mass is 16.2. The Balaban J connectivity index is 0.000000514. The first-order valence-corrected chi connectivity index (χ1v) is 6.15. The Hall–Kier alpha value is -1.64. The van der Waals surface area contributed by atoms with Crippen LogP contribution in [0.3, 0.4) is 0 Å². The maximum atomic E-state index is 11.8. The minimum Gasteiger partial charge on any atom is -0.296 e. The van der Waals surface area contributed by atoms with Crippen LogP contribution in [0.15, 0.2) is 24.3 Å². The Labute approximate surface area is 101 Å². The number of carbonyl (C=O) groups excluding carboxylic acids is 2. The summed E-state index contributed by atoms with van der Waals surface area (Å²) >= 11 is 0. The fraction of sp³-hybridized carbons (Fsp3) is 0.429. The second kappa shape index (κ2) is 4.32. The van der Waals surface area contributed by atoms with Gasteiger partial charge in [-0.3, -0.25) is 14.9 Å². The molecule has 3 nitrogen and oxygen atoms in total. The van der Waals surface area contributed by atoms with Crippen molar-refractivity contribution in [2.45, 2.75) is 38.5 Å². The molecule has 1 saturated heterocycles. The lowest BCUT2D eigenvalue weighted by Crippen LogP contribution is -2.33. The first-order chi connectivity index (χ1) is 8.22. The molecular weight excluding hydrogens is 214 g/mol. The zero-order valence-electron chi connectivity index (χ0n) is 10.2. The van der Waals surface area contributed by atoms with Gasteiger partial charge in [-0.2, -0.15) is 0 Å². The Kier molecular flexibility index (Phi) is 3.01. The number of nitrogens with one attached hydrogen (secondary N) is 1. The van der Waals surface area contributed by atoms with Crippen LogP contribution in [-0.4, -0.2) is 11.8 Å². The Morgan fingerprint density at radius 2 is 1.88 bits per heavy atom. The van der Waals surface area contributed by atoms with Crippen molar-refractivity contribution in [1.29, 1.82) is 0 Å². The molecule has 1 heterocycles. The normalized spacial score (nSPS) is 25.3. The van der Waals surface area contributed by atoms with Crippen LogP contribution in [-0.2, 0) is 21.4 Å². The third-order valence-corrected chi connectivity index (χ3v) is 3.50. The molecule has 1 spiro atoms. The van der Waals surface area contributed by atoms with Gasteiger partial charge >= 0.3 is 0 Å². The average Bonchev–Trinajstić information content (AvgIpc) is 2.86. The minimum atomic E-state index is -0.548. The van der Waals surface area contributed by atoms with Crippen molar-refractivity contribution < 1.29 is 9.59 Å². The summed E-state index contributed by atoms with van der Waals surface area (Å²) in [5.41, 5.74) is 1.71. The third-order valence-electron chi connectivity index (χ3n) is 3.50. The van der Waals surface area contributed by atoms with E-state index in [1.807, 2.05) is 38.1 Å². The van der Waals surface area contributed by atoms with Crippen molar-refractivity contribution >= 4 is 11.8 Å². The Morgan fingerprint density at radius 3 is 2.53 bits per heavy atom. The molecule has 0 radical (unpaired) electrons. The number of fused-ring (bicyclic) bond motifs is 2. The number of aryl methyl sites for hydroxylation is 1. The largest absolute Gasteiger partial charge is 0.296 e. The van der Waals surface area contributed by atoms with E-state index in [1.54, 1.807) is 0 Å². The van der Waals surface area contributed by atoms with E-state index in [-0.39, 0.29) is 11.8 Å². The second-order valence-electron chi connectivity index (χ2n) is 4.29. The molecule has 1 unspecified atom stereocenters. The van der Waals surface area contributed by atoms with Crippen LogP contribution in [0.25, 0.3) is 0 Å². The van der Waals surface area contributed by atoms with Crippen LogP contribution in [0.1, 0.15) is 37.8 Å². The van der Waals surface area contributed by atoms with Crippen molar-refractivity contribution in [1.82, 2.24) is 5.32 Å². The van der Waals surface area contributed by atoms with Crippen LogP contribution in [0.5, 0.6) is 0 Å². The summed E-state index contributed by atoms with van der Waals surface area (Å²) in [4.78, 5) is 23.1. The zero-order valence-corrected chi connectivity index (χ0v) is 10.2. The molecule has 3 rings (SSSR count). The predicted octanol–water partition coefficient (Wildman–Crippen LogP) is 1.94. The van der Waals surface area contributed by atoms with E-state index in [9.17, 15) is 9.59 Å². The summed E-state index contributed by atoms with van der Waals surface area (Å²) in [5.74, 6) is -0.255. The van der Waals surface area contributed by atoms with Gasteiger partial charge in [-0.05, 0) is 24.0 Å². The first kappa shape index (κ1) is 11.8. The lowest BCUT2D eigenvalue weighted by atomic mass is 9.80. The number of rotatable bonds is 0. The quantitative estimate of drug-likeness (QED) is 0.694. The van der Waals surface area contributed by atoms with Gasteiger partial charge in [-0.15, -0.1) is 0 Å². The molecule has 3 heteroatoms. The first-order valence-electron chi connectivity index (χ1n) is 6.15. The van der Waals surface area contributed by atoms with Gasteiger partial charge in [0.15, 0.2) is 0 Å². The Morgan fingerprint density at radius 1 is 1.18 bits per heavy atom. The predicted molar refractivity (Wildman–Crippen MR) is 65.6 cm³/mol. The molecule has 0 saturated carbocycles. The van der Waals surface area contributed by atoms with E-state index in [0.29, 0.717) is 6.42 Å². The van der Waals surface area contributed by atoms with Gasteiger partial charge in [0.2, 0.25) is 11.8 Å². The van der Waals surface area contributed by atoms with Gasteiger partial charge in [-0.1, -0.05) is 38.1 Å². The molecular formula is C14H17NO2. The standard InChI is InChI=1S/C12H11NO2.C2H6/c14-10-7-12(11(15)13-10)6-5-8-3-1-2-4-9(8)12;1-2/h1-4H,5-7H2,(H,13,14,15);1-2H3. The molecule has 1 aliphatic carbocycles. The zero-order chi connectivity index (χ0) is 12.5. The fourth-order valence-electron chi connectivity index (χ4n) is 2.75. The molecule has 0 aromatic heterocycles. The van der Waals surface area contributed by atoms with Crippen LogP contribution in [0, 0.1) is 0 Å². The van der Waals surface area contributed by atoms with Gasteiger partial charge in [0, 0.05) is 6.42 Å². The third kappa shape index (κ3) is 1.66. The highest BCUT2D eigenvalue weighted by molar-refractivity contribution is 6.09. The molecule has 1 N–H and O–H groups in total. The monoisotopic (exact) mass is 231 g/mol. The van der Waals surface area contributed by atoms with Crippen molar-refractivity contribution in [3.63, 3.8) is 0 Å². The maximum Gasteiger partial charge on any atom is 0.237 e. The summed E-state index contributed by atoms with van der Waals surface area (Å²) < 4.78 is 0. The summed E-state index contributed by atoms with van der Waals surface area (Å²) in [5, 5.41) is 2.41. The molecule has 1 fully saturated rings. The van der Waals surface area contributed by atoms with E-state index < -0.39 is 5.41 Å². The SMILES string of the molecule is CC.O=C1CC2(CCc3ccccc32)C(=O)N1. The molecule has 90 valence electrons. The van der Waals surface area contributed by atoms with Gasteiger partial charge in [0.1, 0.15) is 0 Å². The molecule has 1 aliphatic heterocycles. The number of benzene rings is 1. The summed E-state index contributed by atoms with van der Waals surface area (Å²) in [7, 11) is 0. The van der Waals surface area contributed by atoms with Crippen molar-refractivity contribution in [2.75, 3.05) is 0 Å². The minimum absolute atomic E-state index is 0.113. The van der Waals surface area contributed by atoms with Gasteiger partial charge in [0.25, 0.3) is 0 Å².